The Morgan fingerprint density at radius 2 is 1.91 bits per heavy atom. The number of aromatic carboxylic acids is 1. The molecule has 0 amide bonds. The summed E-state index contributed by atoms with van der Waals surface area (Å²) in [5.74, 6) is -1.75. The Hall–Kier alpha value is -2.36. The van der Waals surface area contributed by atoms with Crippen molar-refractivity contribution in [2.45, 2.75) is 32.8 Å². The number of carbonyl (C=O) groups excluding carboxylic acids is 2. The first-order valence-electron chi connectivity index (χ1n) is 7.23. The van der Waals surface area contributed by atoms with Crippen LogP contribution in [0.15, 0.2) is 48.1 Å². The van der Waals surface area contributed by atoms with Crippen LogP contribution in [0.25, 0.3) is 0 Å². The van der Waals surface area contributed by atoms with Gasteiger partial charge in [-0.25, -0.2) is 4.79 Å². The zero-order chi connectivity index (χ0) is 16.3. The minimum atomic E-state index is -1.39. The normalized spacial score (nSPS) is 20.9. The van der Waals surface area contributed by atoms with Crippen LogP contribution >= 0.6 is 0 Å². The Morgan fingerprint density at radius 1 is 1.27 bits per heavy atom. The van der Waals surface area contributed by atoms with Gasteiger partial charge in [-0.1, -0.05) is 36.4 Å². The van der Waals surface area contributed by atoms with Gasteiger partial charge in [-0.3, -0.25) is 0 Å². The Balaban J connectivity index is 2.18. The van der Waals surface area contributed by atoms with E-state index in [1.807, 2.05) is 19.9 Å². The highest BCUT2D eigenvalue weighted by molar-refractivity contribution is 6.01. The first-order chi connectivity index (χ1) is 10.4. The average Bonchev–Trinajstić information content (AvgIpc) is 2.49. The summed E-state index contributed by atoms with van der Waals surface area (Å²) in [5, 5.41) is 11.1. The number of rotatable bonds is 4. The number of carbonyl (C=O) groups is 2. The molecule has 0 aliphatic heterocycles. The molecule has 0 saturated heterocycles. The SMILES string of the molecule is C=C(C)C1CC=C(C)C(OC(=O)c2ccccc2C(=O)[O-])C1. The molecular weight excluding hydrogens is 280 g/mol. The Labute approximate surface area is 130 Å². The van der Waals surface area contributed by atoms with Crippen molar-refractivity contribution < 1.29 is 19.4 Å². The summed E-state index contributed by atoms with van der Waals surface area (Å²) in [6.45, 7) is 7.83. The van der Waals surface area contributed by atoms with E-state index in [0.717, 1.165) is 17.6 Å². The number of hydrogen-bond donors (Lipinski definition) is 0. The first-order valence-corrected chi connectivity index (χ1v) is 7.23. The van der Waals surface area contributed by atoms with Crippen LogP contribution < -0.4 is 5.11 Å². The summed E-state index contributed by atoms with van der Waals surface area (Å²) in [4.78, 5) is 23.4. The van der Waals surface area contributed by atoms with E-state index in [4.69, 9.17) is 4.74 Å². The van der Waals surface area contributed by atoms with Crippen LogP contribution in [-0.4, -0.2) is 18.0 Å². The van der Waals surface area contributed by atoms with Crippen LogP contribution in [0.3, 0.4) is 0 Å². The fraction of sp³-hybridized carbons (Fsp3) is 0.333. The second-order valence-electron chi connectivity index (χ2n) is 5.69. The van der Waals surface area contributed by atoms with E-state index in [1.54, 1.807) is 12.1 Å². The van der Waals surface area contributed by atoms with Crippen molar-refractivity contribution >= 4 is 11.9 Å². The first kappa shape index (κ1) is 16.0. The van der Waals surface area contributed by atoms with Crippen LogP contribution in [0.4, 0.5) is 0 Å². The lowest BCUT2D eigenvalue weighted by Crippen LogP contribution is -2.29. The molecule has 0 bridgehead atoms. The standard InChI is InChI=1S/C18H20O4/c1-11(2)13-9-8-12(3)16(10-13)22-18(21)15-7-5-4-6-14(15)17(19)20/h4-8,13,16H,1,9-10H2,2-3H3,(H,19,20)/p-1. The maximum absolute atomic E-state index is 12.3. The van der Waals surface area contributed by atoms with Gasteiger partial charge in [0, 0.05) is 5.56 Å². The molecule has 4 heteroatoms. The number of hydrogen-bond acceptors (Lipinski definition) is 4. The summed E-state index contributed by atoms with van der Waals surface area (Å²) >= 11 is 0. The van der Waals surface area contributed by atoms with Crippen LogP contribution in [0.5, 0.6) is 0 Å². The Bertz CT molecular complexity index is 642. The van der Waals surface area contributed by atoms with Gasteiger partial charge in [-0.2, -0.15) is 0 Å². The zero-order valence-corrected chi connectivity index (χ0v) is 12.8. The zero-order valence-electron chi connectivity index (χ0n) is 12.8. The van der Waals surface area contributed by atoms with Gasteiger partial charge >= 0.3 is 5.97 Å². The van der Waals surface area contributed by atoms with Gasteiger partial charge in [0.15, 0.2) is 0 Å². The largest absolute Gasteiger partial charge is 0.545 e. The third kappa shape index (κ3) is 3.45. The van der Waals surface area contributed by atoms with Crippen molar-refractivity contribution in [3.8, 4) is 0 Å². The third-order valence-corrected chi connectivity index (χ3v) is 4.04. The number of carboxylic acid groups (broad SMARTS) is 1. The highest BCUT2D eigenvalue weighted by Gasteiger charge is 2.26. The quantitative estimate of drug-likeness (QED) is 0.633. The highest BCUT2D eigenvalue weighted by Crippen LogP contribution is 2.30. The lowest BCUT2D eigenvalue weighted by molar-refractivity contribution is -0.255. The topological polar surface area (TPSA) is 66.4 Å². The molecule has 1 aromatic carbocycles. The molecule has 0 aromatic heterocycles. The molecule has 0 spiro atoms. The van der Waals surface area contributed by atoms with E-state index < -0.39 is 11.9 Å². The average molecular weight is 299 g/mol. The van der Waals surface area contributed by atoms with Gasteiger partial charge in [-0.15, -0.1) is 0 Å². The fourth-order valence-corrected chi connectivity index (χ4v) is 2.58. The molecule has 2 rings (SSSR count). The van der Waals surface area contributed by atoms with Gasteiger partial charge in [0.1, 0.15) is 6.10 Å². The monoisotopic (exact) mass is 299 g/mol. The molecule has 4 nitrogen and oxygen atoms in total. The molecule has 2 unspecified atom stereocenters. The highest BCUT2D eigenvalue weighted by atomic mass is 16.5. The number of ether oxygens (including phenoxy) is 1. The van der Waals surface area contributed by atoms with E-state index in [-0.39, 0.29) is 23.1 Å². The lowest BCUT2D eigenvalue weighted by Gasteiger charge is -2.28. The molecule has 0 radical (unpaired) electrons. The molecule has 2 atom stereocenters. The van der Waals surface area contributed by atoms with Gasteiger partial charge in [0.25, 0.3) is 0 Å². The summed E-state index contributed by atoms with van der Waals surface area (Å²) in [5.41, 5.74) is 1.91. The molecule has 1 aliphatic carbocycles. The van der Waals surface area contributed by atoms with Crippen molar-refractivity contribution in [3.05, 3.63) is 59.2 Å². The van der Waals surface area contributed by atoms with Gasteiger partial charge in [-0.05, 0) is 44.2 Å². The van der Waals surface area contributed by atoms with Crippen molar-refractivity contribution in [3.63, 3.8) is 0 Å². The van der Waals surface area contributed by atoms with Crippen molar-refractivity contribution in [2.75, 3.05) is 0 Å². The Morgan fingerprint density at radius 3 is 2.50 bits per heavy atom. The van der Waals surface area contributed by atoms with Gasteiger partial charge in [0.05, 0.1) is 11.5 Å². The smallest absolute Gasteiger partial charge is 0.339 e. The van der Waals surface area contributed by atoms with Crippen LogP contribution in [0, 0.1) is 5.92 Å². The van der Waals surface area contributed by atoms with E-state index in [1.165, 1.54) is 12.1 Å². The maximum Gasteiger partial charge on any atom is 0.339 e. The molecule has 1 aromatic rings. The minimum absolute atomic E-state index is 0.0211. The van der Waals surface area contributed by atoms with Crippen LogP contribution in [0.2, 0.25) is 0 Å². The van der Waals surface area contributed by atoms with Gasteiger partial charge in [0.2, 0.25) is 0 Å². The van der Waals surface area contributed by atoms with E-state index in [9.17, 15) is 14.7 Å². The fourth-order valence-electron chi connectivity index (χ4n) is 2.58. The summed E-state index contributed by atoms with van der Waals surface area (Å²) in [6.07, 6.45) is 3.27. The molecule has 0 fully saturated rings. The van der Waals surface area contributed by atoms with Crippen LogP contribution in [-0.2, 0) is 4.74 Å². The van der Waals surface area contributed by atoms with E-state index >= 15 is 0 Å². The predicted octanol–water partition coefficient (Wildman–Crippen LogP) is 2.51. The van der Waals surface area contributed by atoms with Crippen LogP contribution in [0.1, 0.15) is 47.4 Å². The third-order valence-electron chi connectivity index (χ3n) is 4.04. The minimum Gasteiger partial charge on any atom is -0.545 e. The molecule has 0 heterocycles. The van der Waals surface area contributed by atoms with Crippen molar-refractivity contribution in [2.24, 2.45) is 5.92 Å². The van der Waals surface area contributed by atoms with Crippen molar-refractivity contribution in [1.29, 1.82) is 0 Å². The number of esters is 1. The molecule has 0 N–H and O–H groups in total. The summed E-state index contributed by atoms with van der Waals surface area (Å²) < 4.78 is 5.52. The summed E-state index contributed by atoms with van der Waals surface area (Å²) in [6, 6.07) is 5.92. The maximum atomic E-state index is 12.3. The van der Waals surface area contributed by atoms with Crippen molar-refractivity contribution in [1.82, 2.24) is 0 Å². The Kier molecular flexibility index (Phi) is 4.81. The van der Waals surface area contributed by atoms with Gasteiger partial charge < -0.3 is 14.6 Å². The van der Waals surface area contributed by atoms with E-state index in [0.29, 0.717) is 6.42 Å². The molecule has 0 saturated carbocycles. The molecular formula is C18H19O4-. The van der Waals surface area contributed by atoms with E-state index in [2.05, 4.69) is 6.58 Å². The second-order valence-corrected chi connectivity index (χ2v) is 5.69. The lowest BCUT2D eigenvalue weighted by atomic mass is 9.84. The molecule has 1 aliphatic rings. The molecule has 22 heavy (non-hydrogen) atoms. The predicted molar refractivity (Wildman–Crippen MR) is 81.3 cm³/mol. The second kappa shape index (κ2) is 6.60. The number of benzene rings is 1. The number of allylic oxidation sites excluding steroid dienone is 2. The summed E-state index contributed by atoms with van der Waals surface area (Å²) in [7, 11) is 0. The molecule has 116 valence electrons. The number of carboxylic acids is 1.